The minimum Gasteiger partial charge on any atom is -0.494 e. The zero-order valence-corrected chi connectivity index (χ0v) is 15.0. The molecule has 2 aromatic carbocycles. The minimum absolute atomic E-state index is 0.0368. The van der Waals surface area contributed by atoms with Crippen LogP contribution in [-0.4, -0.2) is 20.7 Å². The summed E-state index contributed by atoms with van der Waals surface area (Å²) < 4.78 is 13.3. The summed E-state index contributed by atoms with van der Waals surface area (Å²) in [5.74, 6) is 0.983. The highest BCUT2D eigenvalue weighted by Gasteiger charge is 2.21. The molecule has 9 nitrogen and oxygen atoms in total. The lowest BCUT2D eigenvalue weighted by atomic mass is 10.2. The van der Waals surface area contributed by atoms with Gasteiger partial charge in [-0.3, -0.25) is 19.7 Å². The molecule has 0 aliphatic rings. The third kappa shape index (κ3) is 3.26. The fourth-order valence-corrected chi connectivity index (χ4v) is 2.71. The maximum absolute atomic E-state index is 12.0. The molecule has 0 N–H and O–H groups in total. The van der Waals surface area contributed by atoms with Crippen molar-refractivity contribution in [3.05, 3.63) is 67.2 Å². The highest BCUT2D eigenvalue weighted by Crippen LogP contribution is 2.35. The van der Waals surface area contributed by atoms with Gasteiger partial charge in [-0.15, -0.1) is 0 Å². The van der Waals surface area contributed by atoms with Gasteiger partial charge in [-0.2, -0.15) is 0 Å². The Bertz CT molecular complexity index is 1140. The Labute approximate surface area is 153 Å². The van der Waals surface area contributed by atoms with Crippen LogP contribution >= 0.6 is 0 Å². The van der Waals surface area contributed by atoms with E-state index in [1.807, 2.05) is 6.92 Å². The molecule has 1 heterocycles. The molecule has 0 unspecified atom stereocenters. The van der Waals surface area contributed by atoms with E-state index < -0.39 is 16.0 Å². The van der Waals surface area contributed by atoms with Crippen molar-refractivity contribution >= 4 is 16.7 Å². The van der Waals surface area contributed by atoms with E-state index in [-0.39, 0.29) is 17.0 Å². The first-order chi connectivity index (χ1) is 12.8. The Kier molecular flexibility index (Phi) is 4.68. The molecule has 140 valence electrons. The average Bonchev–Trinajstić information content (AvgIpc) is 2.66. The van der Waals surface area contributed by atoms with Crippen LogP contribution in [0.2, 0.25) is 0 Å². The van der Waals surface area contributed by atoms with Gasteiger partial charge in [-0.05, 0) is 31.2 Å². The highest BCUT2D eigenvalue weighted by molar-refractivity contribution is 5.81. The van der Waals surface area contributed by atoms with Gasteiger partial charge in [0, 0.05) is 26.2 Å². The maximum Gasteiger partial charge on any atom is 0.316 e. The van der Waals surface area contributed by atoms with Crippen molar-refractivity contribution in [2.24, 2.45) is 14.1 Å². The van der Waals surface area contributed by atoms with Crippen LogP contribution in [0.15, 0.2) is 46.0 Å². The van der Waals surface area contributed by atoms with Crippen molar-refractivity contribution in [1.29, 1.82) is 0 Å². The molecule has 0 saturated heterocycles. The molecule has 3 aromatic rings. The standard InChI is InChI=1S/C18H17N3O6/c1-4-26-11-5-7-12(8-6-11)27-16-10-14-13(9-15(16)21(24)25)19(2)17(22)18(23)20(14)3/h5-10H,4H2,1-3H3. The van der Waals surface area contributed by atoms with Crippen molar-refractivity contribution in [3.8, 4) is 17.2 Å². The second-order valence-electron chi connectivity index (χ2n) is 5.80. The first-order valence-electron chi connectivity index (χ1n) is 8.12. The zero-order chi connectivity index (χ0) is 19.7. The summed E-state index contributed by atoms with van der Waals surface area (Å²) >= 11 is 0. The molecule has 0 aliphatic heterocycles. The van der Waals surface area contributed by atoms with E-state index in [0.717, 1.165) is 9.13 Å². The lowest BCUT2D eigenvalue weighted by Crippen LogP contribution is -2.39. The van der Waals surface area contributed by atoms with Gasteiger partial charge in [0.25, 0.3) is 0 Å². The van der Waals surface area contributed by atoms with Crippen molar-refractivity contribution in [1.82, 2.24) is 9.13 Å². The molecule has 3 rings (SSSR count). The molecular formula is C18H17N3O6. The van der Waals surface area contributed by atoms with Gasteiger partial charge >= 0.3 is 16.8 Å². The van der Waals surface area contributed by atoms with E-state index in [1.54, 1.807) is 24.3 Å². The summed E-state index contributed by atoms with van der Waals surface area (Å²) in [6, 6.07) is 9.22. The maximum atomic E-state index is 12.0. The summed E-state index contributed by atoms with van der Waals surface area (Å²) in [5, 5.41) is 11.5. The third-order valence-corrected chi connectivity index (χ3v) is 4.13. The van der Waals surface area contributed by atoms with Gasteiger partial charge < -0.3 is 18.6 Å². The van der Waals surface area contributed by atoms with Crippen molar-refractivity contribution in [2.75, 3.05) is 6.61 Å². The van der Waals surface area contributed by atoms with Gasteiger partial charge in [-0.25, -0.2) is 0 Å². The first kappa shape index (κ1) is 18.2. The van der Waals surface area contributed by atoms with E-state index in [9.17, 15) is 19.7 Å². The van der Waals surface area contributed by atoms with Crippen LogP contribution in [0.4, 0.5) is 5.69 Å². The van der Waals surface area contributed by atoms with Crippen LogP contribution in [0.1, 0.15) is 6.92 Å². The Morgan fingerprint density at radius 3 is 2.00 bits per heavy atom. The summed E-state index contributed by atoms with van der Waals surface area (Å²) in [4.78, 5) is 34.9. The molecule has 27 heavy (non-hydrogen) atoms. The molecule has 1 aromatic heterocycles. The fourth-order valence-electron chi connectivity index (χ4n) is 2.71. The van der Waals surface area contributed by atoms with E-state index in [2.05, 4.69) is 0 Å². The van der Waals surface area contributed by atoms with Crippen molar-refractivity contribution < 1.29 is 14.4 Å². The predicted molar refractivity (Wildman–Crippen MR) is 98.8 cm³/mol. The average molecular weight is 371 g/mol. The number of hydrogen-bond donors (Lipinski definition) is 0. The number of nitro groups is 1. The number of aryl methyl sites for hydroxylation is 2. The largest absolute Gasteiger partial charge is 0.494 e. The van der Waals surface area contributed by atoms with E-state index in [4.69, 9.17) is 9.47 Å². The highest BCUT2D eigenvalue weighted by atomic mass is 16.6. The van der Waals surface area contributed by atoms with Crippen LogP contribution in [0.5, 0.6) is 17.2 Å². The zero-order valence-electron chi connectivity index (χ0n) is 15.0. The number of nitro benzene ring substituents is 1. The van der Waals surface area contributed by atoms with E-state index in [1.165, 1.54) is 26.2 Å². The first-order valence-corrected chi connectivity index (χ1v) is 8.12. The van der Waals surface area contributed by atoms with Crippen LogP contribution in [0, 0.1) is 10.1 Å². The van der Waals surface area contributed by atoms with Crippen LogP contribution in [0.25, 0.3) is 11.0 Å². The summed E-state index contributed by atoms with van der Waals surface area (Å²) in [6.45, 7) is 2.38. The number of aromatic nitrogens is 2. The quantitative estimate of drug-likeness (QED) is 0.387. The molecule has 0 fully saturated rings. The lowest BCUT2D eigenvalue weighted by molar-refractivity contribution is -0.385. The van der Waals surface area contributed by atoms with Crippen molar-refractivity contribution in [2.45, 2.75) is 6.92 Å². The minimum atomic E-state index is -0.764. The molecule has 0 radical (unpaired) electrons. The van der Waals surface area contributed by atoms with Crippen molar-refractivity contribution in [3.63, 3.8) is 0 Å². The van der Waals surface area contributed by atoms with Crippen LogP contribution < -0.4 is 20.6 Å². The monoisotopic (exact) mass is 371 g/mol. The number of benzene rings is 2. The Morgan fingerprint density at radius 2 is 1.48 bits per heavy atom. The SMILES string of the molecule is CCOc1ccc(Oc2cc3c(cc2[N+](=O)[O-])n(C)c(=O)c(=O)n3C)cc1. The van der Waals surface area contributed by atoms with Gasteiger partial charge in [0.1, 0.15) is 11.5 Å². The molecule has 0 saturated carbocycles. The summed E-state index contributed by atoms with van der Waals surface area (Å²) in [6.07, 6.45) is 0. The summed E-state index contributed by atoms with van der Waals surface area (Å²) in [7, 11) is 2.82. The third-order valence-electron chi connectivity index (χ3n) is 4.13. The van der Waals surface area contributed by atoms with Gasteiger partial charge in [0.2, 0.25) is 5.75 Å². The smallest absolute Gasteiger partial charge is 0.316 e. The second kappa shape index (κ2) is 6.94. The van der Waals surface area contributed by atoms with E-state index >= 15 is 0 Å². The predicted octanol–water partition coefficient (Wildman–Crippen LogP) is 2.34. The number of nitrogens with zero attached hydrogens (tertiary/aromatic N) is 3. The number of ether oxygens (including phenoxy) is 2. The number of fused-ring (bicyclic) bond motifs is 1. The fraction of sp³-hybridized carbons (Fsp3) is 0.222. The lowest BCUT2D eigenvalue weighted by Gasteiger charge is -2.12. The van der Waals surface area contributed by atoms with Gasteiger partial charge in [0.05, 0.1) is 22.6 Å². The normalized spacial score (nSPS) is 10.8. The second-order valence-corrected chi connectivity index (χ2v) is 5.80. The van der Waals surface area contributed by atoms with Crippen LogP contribution in [0.3, 0.4) is 0 Å². The molecule has 0 spiro atoms. The molecule has 0 bridgehead atoms. The Morgan fingerprint density at radius 1 is 0.963 bits per heavy atom. The molecule has 0 amide bonds. The molecular weight excluding hydrogens is 354 g/mol. The molecule has 0 aliphatic carbocycles. The molecule has 0 atom stereocenters. The number of rotatable bonds is 5. The van der Waals surface area contributed by atoms with E-state index in [0.29, 0.717) is 23.6 Å². The van der Waals surface area contributed by atoms with Crippen LogP contribution in [-0.2, 0) is 14.1 Å². The Balaban J connectivity index is 2.16. The topological polar surface area (TPSA) is 106 Å². The van der Waals surface area contributed by atoms with Gasteiger partial charge in [0.15, 0.2) is 0 Å². The summed E-state index contributed by atoms with van der Waals surface area (Å²) in [5.41, 5.74) is -1.21. The number of hydrogen-bond acceptors (Lipinski definition) is 6. The molecule has 9 heteroatoms. The van der Waals surface area contributed by atoms with Gasteiger partial charge in [-0.1, -0.05) is 0 Å². The Hall–Kier alpha value is -3.62.